The smallest absolute Gasteiger partial charge is 0.310 e. The van der Waals surface area contributed by atoms with Gasteiger partial charge in [0, 0.05) is 6.07 Å². The van der Waals surface area contributed by atoms with E-state index in [1.165, 1.54) is 13.2 Å². The van der Waals surface area contributed by atoms with Crippen molar-refractivity contribution in [3.05, 3.63) is 40.5 Å². The Labute approximate surface area is 102 Å². The highest BCUT2D eigenvalue weighted by Crippen LogP contribution is 2.32. The third-order valence-corrected chi connectivity index (χ3v) is 4.73. The van der Waals surface area contributed by atoms with Crippen molar-refractivity contribution in [2.75, 3.05) is 7.11 Å². The van der Waals surface area contributed by atoms with Gasteiger partial charge in [-0.2, -0.15) is 0 Å². The molecular weight excluding hydrogens is 234 g/mol. The number of ether oxygens (including phenoxy) is 1. The molecule has 4 nitrogen and oxygen atoms in total. The van der Waals surface area contributed by atoms with Gasteiger partial charge in [0.05, 0.1) is 20.1 Å². The van der Waals surface area contributed by atoms with E-state index in [9.17, 15) is 10.1 Å². The Morgan fingerprint density at radius 3 is 2.41 bits per heavy atom. The molecule has 0 aromatic heterocycles. The van der Waals surface area contributed by atoms with Gasteiger partial charge in [0.2, 0.25) is 0 Å². The van der Waals surface area contributed by atoms with Gasteiger partial charge in [0.25, 0.3) is 0 Å². The number of benzene rings is 1. The topological polar surface area (TPSA) is 52.4 Å². The SMILES string of the molecule is C=C(c1ccc([N+](=O)[O-])c(OC)c1)[Si](C)(C)C. The van der Waals surface area contributed by atoms with Crippen molar-refractivity contribution in [3.8, 4) is 5.75 Å². The van der Waals surface area contributed by atoms with Crippen LogP contribution in [-0.2, 0) is 0 Å². The minimum absolute atomic E-state index is 0.0142. The second-order valence-corrected chi connectivity index (χ2v) is 9.98. The minimum atomic E-state index is -1.50. The fourth-order valence-electron chi connectivity index (χ4n) is 1.45. The highest BCUT2D eigenvalue weighted by atomic mass is 28.3. The third kappa shape index (κ3) is 2.94. The molecule has 0 bridgehead atoms. The minimum Gasteiger partial charge on any atom is -0.490 e. The molecule has 0 amide bonds. The summed E-state index contributed by atoms with van der Waals surface area (Å²) in [7, 11) is -0.0676. The van der Waals surface area contributed by atoms with Gasteiger partial charge < -0.3 is 4.74 Å². The monoisotopic (exact) mass is 251 g/mol. The molecule has 0 heterocycles. The molecule has 0 fully saturated rings. The van der Waals surface area contributed by atoms with E-state index in [2.05, 4.69) is 26.2 Å². The molecule has 0 aliphatic carbocycles. The molecule has 1 rings (SSSR count). The Morgan fingerprint density at radius 1 is 1.41 bits per heavy atom. The van der Waals surface area contributed by atoms with Crippen molar-refractivity contribution in [1.29, 1.82) is 0 Å². The van der Waals surface area contributed by atoms with E-state index in [1.54, 1.807) is 12.1 Å². The van der Waals surface area contributed by atoms with Crippen LogP contribution in [0.2, 0.25) is 19.6 Å². The van der Waals surface area contributed by atoms with Crippen molar-refractivity contribution >= 4 is 19.0 Å². The molecule has 1 aromatic carbocycles. The molecule has 0 aliphatic rings. The zero-order chi connectivity index (χ0) is 13.2. The molecule has 0 saturated carbocycles. The maximum Gasteiger partial charge on any atom is 0.310 e. The van der Waals surface area contributed by atoms with Crippen LogP contribution in [0.4, 0.5) is 5.69 Å². The van der Waals surface area contributed by atoms with Gasteiger partial charge in [-0.1, -0.05) is 31.4 Å². The van der Waals surface area contributed by atoms with Crippen LogP contribution in [0.5, 0.6) is 5.75 Å². The molecule has 5 heteroatoms. The van der Waals surface area contributed by atoms with Gasteiger partial charge in [-0.15, -0.1) is 0 Å². The lowest BCUT2D eigenvalue weighted by Crippen LogP contribution is -2.21. The predicted molar refractivity (Wildman–Crippen MR) is 72.0 cm³/mol. The zero-order valence-corrected chi connectivity index (χ0v) is 11.6. The van der Waals surface area contributed by atoms with Crippen LogP contribution in [0.25, 0.3) is 5.20 Å². The number of methoxy groups -OCH3 is 1. The molecule has 1 aromatic rings. The average molecular weight is 251 g/mol. The zero-order valence-electron chi connectivity index (χ0n) is 10.6. The Kier molecular flexibility index (Phi) is 3.72. The highest BCUT2D eigenvalue weighted by Gasteiger charge is 2.22. The summed E-state index contributed by atoms with van der Waals surface area (Å²) in [4.78, 5) is 10.3. The molecule has 0 aliphatic heterocycles. The van der Waals surface area contributed by atoms with E-state index < -0.39 is 13.0 Å². The summed E-state index contributed by atoms with van der Waals surface area (Å²) < 4.78 is 5.04. The van der Waals surface area contributed by atoms with E-state index >= 15 is 0 Å². The standard InChI is InChI=1S/C12H17NO3Si/c1-9(17(3,4)5)10-6-7-11(13(14)15)12(8-10)16-2/h6-8H,1H2,2-5H3. The molecule has 0 radical (unpaired) electrons. The maximum absolute atomic E-state index is 10.8. The van der Waals surface area contributed by atoms with Crippen molar-refractivity contribution in [3.63, 3.8) is 0 Å². The van der Waals surface area contributed by atoms with E-state index in [1.807, 2.05) is 0 Å². The van der Waals surface area contributed by atoms with Crippen LogP contribution in [-0.4, -0.2) is 20.1 Å². The largest absolute Gasteiger partial charge is 0.490 e. The molecule has 0 N–H and O–H groups in total. The first-order valence-corrected chi connectivity index (χ1v) is 8.79. The van der Waals surface area contributed by atoms with Crippen LogP contribution in [0.3, 0.4) is 0 Å². The number of hydrogen-bond acceptors (Lipinski definition) is 3. The third-order valence-electron chi connectivity index (χ3n) is 2.63. The van der Waals surface area contributed by atoms with Gasteiger partial charge in [-0.05, 0) is 17.7 Å². The molecule has 0 spiro atoms. The van der Waals surface area contributed by atoms with E-state index in [4.69, 9.17) is 4.74 Å². The summed E-state index contributed by atoms with van der Waals surface area (Å²) in [5.41, 5.74) is 0.909. The van der Waals surface area contributed by atoms with E-state index in [0.29, 0.717) is 0 Å². The number of hydrogen-bond donors (Lipinski definition) is 0. The average Bonchev–Trinajstić information content (AvgIpc) is 2.25. The second-order valence-electron chi connectivity index (χ2n) is 4.87. The van der Waals surface area contributed by atoms with Crippen molar-refractivity contribution < 1.29 is 9.66 Å². The van der Waals surface area contributed by atoms with Crippen LogP contribution in [0.1, 0.15) is 5.56 Å². The van der Waals surface area contributed by atoms with Gasteiger partial charge in [-0.25, -0.2) is 0 Å². The number of nitro groups is 1. The number of rotatable bonds is 4. The van der Waals surface area contributed by atoms with Gasteiger partial charge in [0.15, 0.2) is 5.75 Å². The first-order valence-electron chi connectivity index (χ1n) is 5.29. The summed E-state index contributed by atoms with van der Waals surface area (Å²) in [6, 6.07) is 4.90. The maximum atomic E-state index is 10.8. The fraction of sp³-hybridized carbons (Fsp3) is 0.333. The number of nitro benzene ring substituents is 1. The molecular formula is C12H17NO3Si. The highest BCUT2D eigenvalue weighted by molar-refractivity contribution is 6.93. The Hall–Kier alpha value is -1.62. The lowest BCUT2D eigenvalue weighted by atomic mass is 10.2. The quantitative estimate of drug-likeness (QED) is 0.467. The predicted octanol–water partition coefficient (Wildman–Crippen LogP) is 3.49. The Balaban J connectivity index is 3.23. The normalized spacial score (nSPS) is 11.1. The summed E-state index contributed by atoms with van der Waals surface area (Å²) in [6.07, 6.45) is 0. The first kappa shape index (κ1) is 13.4. The van der Waals surface area contributed by atoms with Crippen LogP contribution < -0.4 is 4.74 Å². The molecule has 0 atom stereocenters. The van der Waals surface area contributed by atoms with E-state index in [-0.39, 0.29) is 11.4 Å². The van der Waals surface area contributed by atoms with Crippen LogP contribution >= 0.6 is 0 Å². The van der Waals surface area contributed by atoms with Crippen molar-refractivity contribution in [2.45, 2.75) is 19.6 Å². The number of nitrogens with zero attached hydrogens (tertiary/aromatic N) is 1. The summed E-state index contributed by atoms with van der Waals surface area (Å²) in [6.45, 7) is 10.6. The Bertz CT molecular complexity index is 463. The van der Waals surface area contributed by atoms with Gasteiger partial charge >= 0.3 is 5.69 Å². The first-order chi connectivity index (χ1) is 7.77. The van der Waals surface area contributed by atoms with E-state index in [0.717, 1.165) is 10.8 Å². The lowest BCUT2D eigenvalue weighted by Gasteiger charge is -2.20. The van der Waals surface area contributed by atoms with Gasteiger partial charge in [-0.3, -0.25) is 10.1 Å². The summed E-state index contributed by atoms with van der Waals surface area (Å²) in [5.74, 6) is 0.284. The van der Waals surface area contributed by atoms with Crippen molar-refractivity contribution in [1.82, 2.24) is 0 Å². The summed E-state index contributed by atoms with van der Waals surface area (Å²) in [5, 5.41) is 11.8. The molecule has 0 saturated heterocycles. The lowest BCUT2D eigenvalue weighted by molar-refractivity contribution is -0.385. The molecule has 0 unspecified atom stereocenters. The van der Waals surface area contributed by atoms with Crippen LogP contribution in [0, 0.1) is 10.1 Å². The second kappa shape index (κ2) is 4.71. The van der Waals surface area contributed by atoms with Crippen molar-refractivity contribution in [2.24, 2.45) is 0 Å². The van der Waals surface area contributed by atoms with Gasteiger partial charge in [0.1, 0.15) is 0 Å². The fourth-order valence-corrected chi connectivity index (χ4v) is 2.47. The molecule has 17 heavy (non-hydrogen) atoms. The molecule has 92 valence electrons. The Morgan fingerprint density at radius 2 is 2.00 bits per heavy atom. The summed E-state index contributed by atoms with van der Waals surface area (Å²) >= 11 is 0. The van der Waals surface area contributed by atoms with Crippen LogP contribution in [0.15, 0.2) is 24.8 Å².